The minimum atomic E-state index is -3.66. The summed E-state index contributed by atoms with van der Waals surface area (Å²) in [4.78, 5) is 0.254. The predicted octanol–water partition coefficient (Wildman–Crippen LogP) is 4.41. The van der Waals surface area contributed by atoms with Crippen LogP contribution in [0.3, 0.4) is 0 Å². The fourth-order valence-corrected chi connectivity index (χ4v) is 16.7. The van der Waals surface area contributed by atoms with Crippen LogP contribution in [0.4, 0.5) is 0 Å². The summed E-state index contributed by atoms with van der Waals surface area (Å²) in [6, 6.07) is 38.3. The molecule has 0 spiro atoms. The summed E-state index contributed by atoms with van der Waals surface area (Å²) in [7, 11) is -3.66. The molecule has 165 valence electrons. The van der Waals surface area contributed by atoms with E-state index in [4.69, 9.17) is 0 Å². The molecule has 0 N–H and O–H groups in total. The van der Waals surface area contributed by atoms with Gasteiger partial charge in [0.15, 0.2) is 0 Å². The predicted molar refractivity (Wildman–Crippen MR) is 133 cm³/mol. The van der Waals surface area contributed by atoms with Crippen LogP contribution in [0.25, 0.3) is 0 Å². The van der Waals surface area contributed by atoms with Crippen LogP contribution in [0.1, 0.15) is 5.56 Å². The molecule has 0 atom stereocenters. The molecule has 4 aromatic carbocycles. The van der Waals surface area contributed by atoms with Gasteiger partial charge < -0.3 is 0 Å². The van der Waals surface area contributed by atoms with E-state index in [1.165, 1.54) is 15.9 Å². The van der Waals surface area contributed by atoms with Gasteiger partial charge in [-0.1, -0.05) is 0 Å². The molecule has 2 nitrogen and oxygen atoms in total. The molecular formula is C27H23AuO2PS. The average molecular weight is 639 g/mol. The number of rotatable bonds is 5. The van der Waals surface area contributed by atoms with Crippen LogP contribution in [0.5, 0.6) is 0 Å². The van der Waals surface area contributed by atoms with Crippen molar-refractivity contribution in [2.45, 2.75) is 11.8 Å². The van der Waals surface area contributed by atoms with Crippen LogP contribution in [-0.4, -0.2) is 8.42 Å². The molecule has 0 heterocycles. The summed E-state index contributed by atoms with van der Waals surface area (Å²) in [6.07, 6.45) is 0. The van der Waals surface area contributed by atoms with Crippen LogP contribution >= 0.6 is 5.15 Å². The van der Waals surface area contributed by atoms with E-state index in [-0.39, 0.29) is 4.90 Å². The molecule has 0 aromatic heterocycles. The molecule has 0 unspecified atom stereocenters. The van der Waals surface area contributed by atoms with E-state index in [1.807, 2.05) is 25.1 Å². The first-order valence-electron chi connectivity index (χ1n) is 10.1. The molecule has 5 heteroatoms. The summed E-state index contributed by atoms with van der Waals surface area (Å²) in [5.41, 5.74) is 1.02. The second-order valence-corrected chi connectivity index (χ2v) is 19.1. The van der Waals surface area contributed by atoms with Gasteiger partial charge in [0.25, 0.3) is 0 Å². The maximum absolute atomic E-state index is 12.9. The van der Waals surface area contributed by atoms with E-state index in [0.29, 0.717) is 0 Å². The van der Waals surface area contributed by atoms with Gasteiger partial charge in [0.1, 0.15) is 0 Å². The Labute approximate surface area is 199 Å². The monoisotopic (exact) mass is 639 g/mol. The van der Waals surface area contributed by atoms with Gasteiger partial charge in [0.05, 0.1) is 0 Å². The Kier molecular flexibility index (Phi) is 7.11. The normalized spacial score (nSPS) is 12.0. The van der Waals surface area contributed by atoms with Gasteiger partial charge in [-0.3, -0.25) is 0 Å². The molecule has 0 fully saturated rings. The molecule has 4 aromatic rings. The Morgan fingerprint density at radius 1 is 0.625 bits per heavy atom. The van der Waals surface area contributed by atoms with Gasteiger partial charge in [0, 0.05) is 0 Å². The number of aryl methyl sites for hydroxylation is 1. The van der Waals surface area contributed by atoms with Gasteiger partial charge in [-0.2, -0.15) is 0 Å². The second-order valence-electron chi connectivity index (χ2n) is 7.27. The zero-order valence-corrected chi connectivity index (χ0v) is 21.5. The summed E-state index contributed by atoms with van der Waals surface area (Å²) >= 11 is -0.679. The molecule has 0 aliphatic carbocycles. The molecular weight excluding hydrogens is 616 g/mol. The summed E-state index contributed by atoms with van der Waals surface area (Å²) in [6.45, 7) is 1.94. The van der Waals surface area contributed by atoms with Gasteiger partial charge in [-0.15, -0.1) is 0 Å². The third-order valence-corrected chi connectivity index (χ3v) is 19.4. The minimum absolute atomic E-state index is 0.254. The van der Waals surface area contributed by atoms with Crippen molar-refractivity contribution in [1.29, 1.82) is 0 Å². The van der Waals surface area contributed by atoms with Gasteiger partial charge >= 0.3 is 201 Å². The number of benzene rings is 4. The molecule has 0 aliphatic rings. The van der Waals surface area contributed by atoms with Crippen LogP contribution in [0.2, 0.25) is 0 Å². The fraction of sp³-hybridized carbons (Fsp3) is 0.0370. The maximum atomic E-state index is 12.9. The van der Waals surface area contributed by atoms with Crippen molar-refractivity contribution in [3.05, 3.63) is 121 Å². The van der Waals surface area contributed by atoms with Crippen molar-refractivity contribution in [3.63, 3.8) is 0 Å². The number of hydrogen-bond donors (Lipinski definition) is 0. The van der Waals surface area contributed by atoms with E-state index in [0.717, 1.165) is 5.56 Å². The van der Waals surface area contributed by atoms with E-state index >= 15 is 0 Å². The quantitative estimate of drug-likeness (QED) is 0.184. The molecule has 0 aliphatic heterocycles. The fourth-order valence-electron chi connectivity index (χ4n) is 3.48. The molecule has 0 bridgehead atoms. The average Bonchev–Trinajstić information content (AvgIpc) is 2.84. The van der Waals surface area contributed by atoms with E-state index in [1.54, 1.807) is 24.3 Å². The van der Waals surface area contributed by atoms with Crippen LogP contribution in [0, 0.1) is 16.3 Å². The Morgan fingerprint density at radius 2 is 1.03 bits per heavy atom. The molecule has 4 rings (SSSR count). The van der Waals surface area contributed by atoms with Crippen molar-refractivity contribution in [1.82, 2.24) is 0 Å². The Hall–Kier alpha value is -2.44. The van der Waals surface area contributed by atoms with E-state index in [9.17, 15) is 8.42 Å². The molecule has 0 radical (unpaired) electrons. The third kappa shape index (κ3) is 4.81. The standard InChI is InChI=1S/C18H15P.C9H7O2S.Au/c1-4-10-16(11-5-1)19(17-12-6-2-7-13-17)18-14-8-3-9-15-18;1-3-12(10,11)9-6-4-8(2)5-7-9;/h1-15H;4-7H,2H3;/q;;-1/p+1. The first kappa shape index (κ1) is 22.7. The zero-order chi connectivity index (χ0) is 22.4. The topological polar surface area (TPSA) is 34.1 Å². The second kappa shape index (κ2) is 10.0. The Balaban J connectivity index is 1.86. The van der Waals surface area contributed by atoms with Crippen LogP contribution in [-0.2, 0) is 29.1 Å². The SMILES string of the molecule is Cc1ccc(S(=O)(=O)C#[C][Au][PH](c2ccccc2)(c2ccccc2)c2ccccc2)cc1. The summed E-state index contributed by atoms with van der Waals surface area (Å²) < 4.78 is 29.0. The van der Waals surface area contributed by atoms with Crippen LogP contribution < -0.4 is 15.9 Å². The molecule has 0 saturated heterocycles. The Morgan fingerprint density at radius 3 is 1.44 bits per heavy atom. The first-order valence-corrected chi connectivity index (χ1v) is 17.7. The van der Waals surface area contributed by atoms with E-state index < -0.39 is 34.2 Å². The zero-order valence-electron chi connectivity index (χ0n) is 17.5. The molecule has 0 amide bonds. The van der Waals surface area contributed by atoms with Crippen molar-refractivity contribution in [2.75, 3.05) is 0 Å². The van der Waals surface area contributed by atoms with Crippen molar-refractivity contribution in [3.8, 4) is 9.39 Å². The van der Waals surface area contributed by atoms with Crippen molar-refractivity contribution >= 4 is 30.9 Å². The molecule has 0 saturated carbocycles. The summed E-state index contributed by atoms with van der Waals surface area (Å²) in [5, 5.41) is 3.94. The van der Waals surface area contributed by atoms with Crippen LogP contribution in [0.15, 0.2) is 120 Å². The third-order valence-electron chi connectivity index (χ3n) is 5.10. The van der Waals surface area contributed by atoms with Gasteiger partial charge in [-0.25, -0.2) is 0 Å². The van der Waals surface area contributed by atoms with Gasteiger partial charge in [-0.05, 0) is 0 Å². The van der Waals surface area contributed by atoms with Crippen molar-refractivity contribution < 1.29 is 27.6 Å². The first-order chi connectivity index (χ1) is 15.5. The number of hydrogen-bond acceptors (Lipinski definition) is 2. The molecule has 32 heavy (non-hydrogen) atoms. The van der Waals surface area contributed by atoms with Gasteiger partial charge in [0.2, 0.25) is 0 Å². The Bertz CT molecular complexity index is 1250. The van der Waals surface area contributed by atoms with Crippen molar-refractivity contribution in [2.24, 2.45) is 0 Å². The summed E-state index contributed by atoms with van der Waals surface area (Å²) in [5.74, 6) is 0. The van der Waals surface area contributed by atoms with E-state index in [2.05, 4.69) is 82.2 Å². The number of sulfone groups is 1.